The lowest BCUT2D eigenvalue weighted by atomic mass is 10.0. The molecular weight excluding hydrogens is 472 g/mol. The number of likely N-dealkylation sites (tertiary alicyclic amines) is 1. The number of methoxy groups -OCH3 is 1. The molecule has 1 saturated heterocycles. The van der Waals surface area contributed by atoms with Gasteiger partial charge in [0.25, 0.3) is 0 Å². The first-order valence-electron chi connectivity index (χ1n) is 8.52. The molecule has 1 N–H and O–H groups in total. The maximum absolute atomic E-state index is 6.31. The lowest BCUT2D eigenvalue weighted by Gasteiger charge is -2.22. The minimum Gasteiger partial charge on any atom is -0.384 e. The number of nitrogens with one attached hydrogen (secondary N) is 1. The number of hydrogen-bond donors (Lipinski definition) is 1. The molecule has 1 aliphatic heterocycles. The zero-order valence-corrected chi connectivity index (χ0v) is 18.9. The minimum absolute atomic E-state index is 0. The quantitative estimate of drug-likeness (QED) is 0.351. The Morgan fingerprint density at radius 1 is 1.40 bits per heavy atom. The summed E-state index contributed by atoms with van der Waals surface area (Å²) in [5, 5.41) is 4.80. The summed E-state index contributed by atoms with van der Waals surface area (Å²) in [4.78, 5) is 7.14. The molecule has 1 aromatic rings. The van der Waals surface area contributed by atoms with Crippen molar-refractivity contribution >= 4 is 53.1 Å². The molecule has 2 atom stereocenters. The zero-order valence-electron chi connectivity index (χ0n) is 15.1. The van der Waals surface area contributed by atoms with Gasteiger partial charge >= 0.3 is 0 Å². The van der Waals surface area contributed by atoms with Crippen molar-refractivity contribution in [3.63, 3.8) is 0 Å². The van der Waals surface area contributed by atoms with Crippen LogP contribution >= 0.6 is 47.2 Å². The molecule has 1 aromatic carbocycles. The number of rotatable bonds is 6. The molecule has 142 valence electrons. The van der Waals surface area contributed by atoms with E-state index in [1.165, 1.54) is 0 Å². The van der Waals surface area contributed by atoms with E-state index in [-0.39, 0.29) is 29.9 Å². The van der Waals surface area contributed by atoms with Crippen molar-refractivity contribution in [3.05, 3.63) is 33.8 Å². The smallest absolute Gasteiger partial charge is 0.193 e. The Balaban J connectivity index is 0.00000312. The standard InChI is InChI=1S/C18H27Cl2N3O.HI/c1-4-21-18(23-9-8-14(11-23)12-24-3)22-10-13(2)17-15(19)6-5-7-16(17)20;/h5-7,13-14H,4,8-12H2,1-3H3,(H,21,22);1H. The highest BCUT2D eigenvalue weighted by atomic mass is 127. The van der Waals surface area contributed by atoms with Crippen molar-refractivity contribution in [2.45, 2.75) is 26.2 Å². The minimum atomic E-state index is 0. The third-order valence-electron chi connectivity index (χ3n) is 4.33. The van der Waals surface area contributed by atoms with Gasteiger partial charge in [0.05, 0.1) is 6.61 Å². The van der Waals surface area contributed by atoms with Gasteiger partial charge in [0, 0.05) is 55.2 Å². The van der Waals surface area contributed by atoms with Crippen molar-refractivity contribution in [1.29, 1.82) is 0 Å². The third kappa shape index (κ3) is 6.45. The lowest BCUT2D eigenvalue weighted by Crippen LogP contribution is -2.40. The van der Waals surface area contributed by atoms with E-state index in [1.807, 2.05) is 18.2 Å². The Hall–Kier alpha value is -0.240. The third-order valence-corrected chi connectivity index (χ3v) is 4.99. The van der Waals surface area contributed by atoms with E-state index in [9.17, 15) is 0 Å². The van der Waals surface area contributed by atoms with E-state index in [4.69, 9.17) is 32.9 Å². The molecule has 0 saturated carbocycles. The van der Waals surface area contributed by atoms with Gasteiger partial charge in [-0.25, -0.2) is 0 Å². The average Bonchev–Trinajstić information content (AvgIpc) is 3.00. The van der Waals surface area contributed by atoms with E-state index in [1.54, 1.807) is 7.11 Å². The van der Waals surface area contributed by atoms with E-state index < -0.39 is 0 Å². The molecule has 1 aliphatic rings. The number of halogens is 3. The van der Waals surface area contributed by atoms with Crippen molar-refractivity contribution in [3.8, 4) is 0 Å². The summed E-state index contributed by atoms with van der Waals surface area (Å²) in [6.07, 6.45) is 1.14. The van der Waals surface area contributed by atoms with Crippen LogP contribution in [0.25, 0.3) is 0 Å². The van der Waals surface area contributed by atoms with Gasteiger partial charge in [-0.3, -0.25) is 4.99 Å². The van der Waals surface area contributed by atoms with Gasteiger partial charge in [-0.15, -0.1) is 24.0 Å². The molecule has 0 aromatic heterocycles. The predicted molar refractivity (Wildman–Crippen MR) is 118 cm³/mol. The number of guanidine groups is 1. The van der Waals surface area contributed by atoms with Crippen molar-refractivity contribution < 1.29 is 4.74 Å². The summed E-state index contributed by atoms with van der Waals surface area (Å²) in [7, 11) is 1.76. The normalized spacial score (nSPS) is 18.8. The topological polar surface area (TPSA) is 36.9 Å². The summed E-state index contributed by atoms with van der Waals surface area (Å²) < 4.78 is 5.28. The van der Waals surface area contributed by atoms with Crippen LogP contribution in [-0.4, -0.2) is 50.8 Å². The molecule has 1 fully saturated rings. The van der Waals surface area contributed by atoms with Gasteiger partial charge in [-0.2, -0.15) is 0 Å². The van der Waals surface area contributed by atoms with Crippen LogP contribution in [0.4, 0.5) is 0 Å². The summed E-state index contributed by atoms with van der Waals surface area (Å²) in [5.74, 6) is 1.71. The lowest BCUT2D eigenvalue weighted by molar-refractivity contribution is 0.157. The van der Waals surface area contributed by atoms with Crippen LogP contribution in [-0.2, 0) is 4.74 Å². The number of nitrogens with zero attached hydrogens (tertiary/aromatic N) is 2. The van der Waals surface area contributed by atoms with Crippen LogP contribution in [0.3, 0.4) is 0 Å². The highest BCUT2D eigenvalue weighted by molar-refractivity contribution is 14.0. The van der Waals surface area contributed by atoms with Crippen molar-refractivity contribution in [2.24, 2.45) is 10.9 Å². The largest absolute Gasteiger partial charge is 0.384 e. The Kier molecular flexibility index (Phi) is 10.5. The second-order valence-electron chi connectivity index (χ2n) is 6.29. The van der Waals surface area contributed by atoms with Crippen LogP contribution in [0.5, 0.6) is 0 Å². The molecule has 1 heterocycles. The average molecular weight is 500 g/mol. The summed E-state index contributed by atoms with van der Waals surface area (Å²) in [6, 6.07) is 5.63. The Morgan fingerprint density at radius 3 is 2.68 bits per heavy atom. The number of benzene rings is 1. The molecule has 0 aliphatic carbocycles. The molecule has 25 heavy (non-hydrogen) atoms. The fourth-order valence-electron chi connectivity index (χ4n) is 3.12. The van der Waals surface area contributed by atoms with E-state index in [0.717, 1.165) is 44.2 Å². The second kappa shape index (κ2) is 11.5. The molecule has 7 heteroatoms. The van der Waals surface area contributed by atoms with E-state index >= 15 is 0 Å². The summed E-state index contributed by atoms with van der Waals surface area (Å²) >= 11 is 12.6. The molecular formula is C18H28Cl2IN3O. The molecule has 4 nitrogen and oxygen atoms in total. The molecule has 2 rings (SSSR count). The maximum Gasteiger partial charge on any atom is 0.193 e. The summed E-state index contributed by atoms with van der Waals surface area (Å²) in [6.45, 7) is 8.51. The summed E-state index contributed by atoms with van der Waals surface area (Å²) in [5.41, 5.74) is 0.971. The van der Waals surface area contributed by atoms with Crippen LogP contribution in [0.1, 0.15) is 31.7 Å². The van der Waals surface area contributed by atoms with Crippen LogP contribution in [0, 0.1) is 5.92 Å². The van der Waals surface area contributed by atoms with Gasteiger partial charge in [0.2, 0.25) is 0 Å². The first kappa shape index (κ1) is 22.8. The number of aliphatic imine (C=N–C) groups is 1. The van der Waals surface area contributed by atoms with E-state index in [0.29, 0.717) is 22.5 Å². The van der Waals surface area contributed by atoms with Crippen LogP contribution in [0.2, 0.25) is 10.0 Å². The second-order valence-corrected chi connectivity index (χ2v) is 7.10. The molecule has 0 spiro atoms. The fraction of sp³-hybridized carbons (Fsp3) is 0.611. The monoisotopic (exact) mass is 499 g/mol. The van der Waals surface area contributed by atoms with Gasteiger partial charge in [-0.1, -0.05) is 36.2 Å². The Bertz CT molecular complexity index is 551. The number of ether oxygens (including phenoxy) is 1. The highest BCUT2D eigenvalue weighted by Gasteiger charge is 2.25. The SMILES string of the molecule is CCNC(=NCC(C)c1c(Cl)cccc1Cl)N1CCC(COC)C1.I. The molecule has 0 bridgehead atoms. The highest BCUT2D eigenvalue weighted by Crippen LogP contribution is 2.31. The molecule has 0 radical (unpaired) electrons. The first-order valence-corrected chi connectivity index (χ1v) is 9.28. The van der Waals surface area contributed by atoms with Gasteiger partial charge < -0.3 is 15.0 Å². The Morgan fingerprint density at radius 2 is 2.08 bits per heavy atom. The fourth-order valence-corrected chi connectivity index (χ4v) is 3.89. The van der Waals surface area contributed by atoms with Gasteiger partial charge in [0.1, 0.15) is 0 Å². The zero-order chi connectivity index (χ0) is 17.5. The van der Waals surface area contributed by atoms with E-state index in [2.05, 4.69) is 24.1 Å². The van der Waals surface area contributed by atoms with Crippen molar-refractivity contribution in [2.75, 3.05) is 39.9 Å². The Labute approximate surface area is 178 Å². The van der Waals surface area contributed by atoms with Gasteiger partial charge in [-0.05, 0) is 31.0 Å². The first-order chi connectivity index (χ1) is 11.6. The maximum atomic E-state index is 6.31. The molecule has 2 unspecified atom stereocenters. The van der Waals surface area contributed by atoms with Crippen LogP contribution in [0.15, 0.2) is 23.2 Å². The molecule has 0 amide bonds. The van der Waals surface area contributed by atoms with Crippen LogP contribution < -0.4 is 5.32 Å². The van der Waals surface area contributed by atoms with Crippen molar-refractivity contribution in [1.82, 2.24) is 10.2 Å². The van der Waals surface area contributed by atoms with Gasteiger partial charge in [0.15, 0.2) is 5.96 Å². The predicted octanol–water partition coefficient (Wildman–Crippen LogP) is 4.65. The number of hydrogen-bond acceptors (Lipinski definition) is 2.